The van der Waals surface area contributed by atoms with Crippen LogP contribution in [-0.2, 0) is 19.4 Å². The van der Waals surface area contributed by atoms with E-state index in [4.69, 9.17) is 15.9 Å². The van der Waals surface area contributed by atoms with Gasteiger partial charge in [-0.2, -0.15) is 0 Å². The summed E-state index contributed by atoms with van der Waals surface area (Å²) in [5.41, 5.74) is 3.51. The van der Waals surface area contributed by atoms with Crippen LogP contribution in [0.3, 0.4) is 0 Å². The molecule has 84 valence electrons. The lowest BCUT2D eigenvalue weighted by molar-refractivity contribution is -0.144. The number of fused-ring (bicyclic) bond motifs is 1. The summed E-state index contributed by atoms with van der Waals surface area (Å²) in [4.78, 5) is 21.5. The minimum absolute atomic E-state index is 0.672. The van der Waals surface area contributed by atoms with Crippen molar-refractivity contribution in [2.45, 2.75) is 10.8 Å². The quantitative estimate of drug-likeness (QED) is 0.498. The van der Waals surface area contributed by atoms with Gasteiger partial charge in [-0.05, 0) is 0 Å². The van der Waals surface area contributed by atoms with Crippen LogP contribution in [-0.4, -0.2) is 47.1 Å². The Kier molecular flexibility index (Phi) is 1.73. The van der Waals surface area contributed by atoms with Crippen LogP contribution < -0.4 is 5.73 Å². The molecule has 0 aromatic heterocycles. The van der Waals surface area contributed by atoms with Gasteiger partial charge in [0.15, 0.2) is 9.84 Å². The molecule has 0 spiro atoms. The van der Waals surface area contributed by atoms with Crippen LogP contribution in [0, 0.1) is 11.8 Å². The standard InChI is InChI=1S/C7H9NO6S/c8-7(6(11)12)1-15(13,14)4-2(3(4)7)5(9)10/h2-4H,1,8H2,(H,9,10)(H,11,12)/t2-,3-,4-,7-/m0/s1. The maximum Gasteiger partial charge on any atom is 0.325 e. The third kappa shape index (κ3) is 1.11. The summed E-state index contributed by atoms with van der Waals surface area (Å²) in [5, 5.41) is 16.4. The molecule has 4 atom stereocenters. The van der Waals surface area contributed by atoms with E-state index in [1.807, 2.05) is 0 Å². The molecular formula is C7H9NO6S. The lowest BCUT2D eigenvalue weighted by atomic mass is 9.96. The van der Waals surface area contributed by atoms with E-state index in [0.717, 1.165) is 0 Å². The number of carboxylic acids is 2. The topological polar surface area (TPSA) is 135 Å². The number of hydrogen-bond acceptors (Lipinski definition) is 5. The van der Waals surface area contributed by atoms with E-state index in [9.17, 15) is 18.0 Å². The zero-order chi connectivity index (χ0) is 11.6. The second-order valence-corrected chi connectivity index (χ2v) is 6.17. The van der Waals surface area contributed by atoms with Gasteiger partial charge in [0.25, 0.3) is 0 Å². The molecule has 0 unspecified atom stereocenters. The van der Waals surface area contributed by atoms with E-state index in [1.54, 1.807) is 0 Å². The maximum absolute atomic E-state index is 11.4. The van der Waals surface area contributed by atoms with E-state index in [0.29, 0.717) is 0 Å². The highest BCUT2D eigenvalue weighted by Gasteiger charge is 2.77. The minimum Gasteiger partial charge on any atom is -0.481 e. The van der Waals surface area contributed by atoms with Gasteiger partial charge in [0.1, 0.15) is 5.54 Å². The van der Waals surface area contributed by atoms with E-state index < -0.39 is 50.2 Å². The number of aliphatic carboxylic acids is 2. The van der Waals surface area contributed by atoms with Crippen LogP contribution in [0.15, 0.2) is 0 Å². The Balaban J connectivity index is 2.44. The molecule has 0 bridgehead atoms. The average molecular weight is 235 g/mol. The van der Waals surface area contributed by atoms with Crippen molar-refractivity contribution in [2.75, 3.05) is 5.75 Å². The Labute approximate surface area is 84.8 Å². The van der Waals surface area contributed by atoms with E-state index >= 15 is 0 Å². The van der Waals surface area contributed by atoms with Crippen molar-refractivity contribution in [1.29, 1.82) is 0 Å². The van der Waals surface area contributed by atoms with Crippen LogP contribution >= 0.6 is 0 Å². The molecule has 0 radical (unpaired) electrons. The largest absolute Gasteiger partial charge is 0.481 e. The van der Waals surface area contributed by atoms with Gasteiger partial charge in [-0.15, -0.1) is 0 Å². The van der Waals surface area contributed by atoms with Crippen molar-refractivity contribution < 1.29 is 28.2 Å². The van der Waals surface area contributed by atoms with Gasteiger partial charge in [-0.3, -0.25) is 9.59 Å². The molecule has 1 saturated heterocycles. The molecule has 8 heteroatoms. The molecule has 1 saturated carbocycles. The number of rotatable bonds is 2. The zero-order valence-corrected chi connectivity index (χ0v) is 8.27. The van der Waals surface area contributed by atoms with Crippen molar-refractivity contribution in [1.82, 2.24) is 0 Å². The van der Waals surface area contributed by atoms with Crippen LogP contribution in [0.2, 0.25) is 0 Å². The molecule has 2 fully saturated rings. The number of carbonyl (C=O) groups is 2. The molecule has 1 aliphatic heterocycles. The summed E-state index contributed by atoms with van der Waals surface area (Å²) in [7, 11) is -3.68. The molecular weight excluding hydrogens is 226 g/mol. The molecule has 2 aliphatic rings. The third-order valence-corrected chi connectivity index (χ3v) is 5.38. The van der Waals surface area contributed by atoms with Crippen molar-refractivity contribution in [2.24, 2.45) is 17.6 Å². The van der Waals surface area contributed by atoms with Crippen LogP contribution in [0.1, 0.15) is 0 Å². The molecule has 4 N–H and O–H groups in total. The Morgan fingerprint density at radius 2 is 1.87 bits per heavy atom. The first kappa shape index (κ1) is 10.4. The second-order valence-electron chi connectivity index (χ2n) is 4.01. The van der Waals surface area contributed by atoms with Crippen LogP contribution in [0.4, 0.5) is 0 Å². The fraction of sp³-hybridized carbons (Fsp3) is 0.714. The Morgan fingerprint density at radius 3 is 2.20 bits per heavy atom. The summed E-state index contributed by atoms with van der Waals surface area (Å²) in [6, 6.07) is 0. The predicted octanol–water partition coefficient (Wildman–Crippen LogP) is -2.10. The SMILES string of the molecule is N[C@@]1(C(=O)O)CS(=O)(=O)[C@H]2[C@@H](C(=O)O)[C@@H]21. The predicted molar refractivity (Wildman–Crippen MR) is 46.7 cm³/mol. The van der Waals surface area contributed by atoms with Gasteiger partial charge in [-0.1, -0.05) is 0 Å². The summed E-state index contributed by atoms with van der Waals surface area (Å²) in [6.07, 6.45) is 0. The van der Waals surface area contributed by atoms with Crippen molar-refractivity contribution in [3.05, 3.63) is 0 Å². The highest BCUT2D eigenvalue weighted by Crippen LogP contribution is 2.56. The lowest BCUT2D eigenvalue weighted by Gasteiger charge is -2.19. The fourth-order valence-corrected chi connectivity index (χ4v) is 5.04. The van der Waals surface area contributed by atoms with Gasteiger partial charge >= 0.3 is 11.9 Å². The zero-order valence-electron chi connectivity index (χ0n) is 7.45. The summed E-state index contributed by atoms with van der Waals surface area (Å²) >= 11 is 0. The number of hydrogen-bond donors (Lipinski definition) is 3. The first-order chi connectivity index (χ1) is 6.72. The second kappa shape index (κ2) is 2.50. The molecule has 7 nitrogen and oxygen atoms in total. The normalized spacial score (nSPS) is 45.8. The minimum atomic E-state index is -3.68. The Bertz CT molecular complexity index is 456. The van der Waals surface area contributed by atoms with Crippen molar-refractivity contribution in [3.63, 3.8) is 0 Å². The smallest absolute Gasteiger partial charge is 0.325 e. The number of sulfone groups is 1. The Hall–Kier alpha value is -1.15. The molecule has 0 amide bonds. The highest BCUT2D eigenvalue weighted by atomic mass is 32.2. The lowest BCUT2D eigenvalue weighted by Crippen LogP contribution is -2.53. The highest BCUT2D eigenvalue weighted by molar-refractivity contribution is 7.92. The molecule has 0 aromatic rings. The summed E-state index contributed by atoms with van der Waals surface area (Å²) in [5.74, 6) is -5.58. The van der Waals surface area contributed by atoms with Gasteiger partial charge in [-0.25, -0.2) is 8.42 Å². The number of nitrogens with two attached hydrogens (primary N) is 1. The first-order valence-electron chi connectivity index (χ1n) is 4.18. The average Bonchev–Trinajstić information content (AvgIpc) is 2.72. The Morgan fingerprint density at radius 1 is 1.33 bits per heavy atom. The van der Waals surface area contributed by atoms with Gasteiger partial charge in [0.05, 0.1) is 16.9 Å². The van der Waals surface area contributed by atoms with E-state index in [-0.39, 0.29) is 0 Å². The monoisotopic (exact) mass is 235 g/mol. The van der Waals surface area contributed by atoms with E-state index in [2.05, 4.69) is 0 Å². The first-order valence-corrected chi connectivity index (χ1v) is 5.90. The van der Waals surface area contributed by atoms with Gasteiger partial charge in [0, 0.05) is 5.92 Å². The van der Waals surface area contributed by atoms with Crippen LogP contribution in [0.5, 0.6) is 0 Å². The number of carboxylic acid groups (broad SMARTS) is 2. The third-order valence-electron chi connectivity index (χ3n) is 3.09. The van der Waals surface area contributed by atoms with Gasteiger partial charge < -0.3 is 15.9 Å². The van der Waals surface area contributed by atoms with Crippen LogP contribution in [0.25, 0.3) is 0 Å². The fourth-order valence-electron chi connectivity index (χ4n) is 2.37. The van der Waals surface area contributed by atoms with Crippen molar-refractivity contribution in [3.8, 4) is 0 Å². The molecule has 15 heavy (non-hydrogen) atoms. The maximum atomic E-state index is 11.4. The van der Waals surface area contributed by atoms with E-state index in [1.165, 1.54) is 0 Å². The molecule has 2 rings (SSSR count). The molecule has 1 aliphatic carbocycles. The molecule has 1 heterocycles. The molecule has 0 aromatic carbocycles. The summed E-state index contributed by atoms with van der Waals surface area (Å²) < 4.78 is 22.9. The van der Waals surface area contributed by atoms with Crippen molar-refractivity contribution >= 4 is 21.8 Å². The van der Waals surface area contributed by atoms with Gasteiger partial charge in [0.2, 0.25) is 0 Å². The summed E-state index contributed by atoms with van der Waals surface area (Å²) in [6.45, 7) is 0.